The molecule has 0 aromatic heterocycles. The van der Waals surface area contributed by atoms with Gasteiger partial charge in [-0.15, -0.1) is 0 Å². The summed E-state index contributed by atoms with van der Waals surface area (Å²) < 4.78 is 49.4. The van der Waals surface area contributed by atoms with Crippen molar-refractivity contribution in [1.29, 1.82) is 0 Å². The number of methoxy groups -OCH3 is 2. The minimum atomic E-state index is -3.04. The summed E-state index contributed by atoms with van der Waals surface area (Å²) in [5.74, 6) is -1.08. The lowest BCUT2D eigenvalue weighted by atomic mass is 9.77. The Labute approximate surface area is 233 Å². The fourth-order valence-electron chi connectivity index (χ4n) is 6.67. The molecule has 1 fully saturated rings. The van der Waals surface area contributed by atoms with Crippen molar-refractivity contribution in [2.45, 2.75) is 87.6 Å². The summed E-state index contributed by atoms with van der Waals surface area (Å²) in [6.45, 7) is 4.92. The topological polar surface area (TPSA) is 124 Å². The fourth-order valence-corrected chi connectivity index (χ4v) is 6.67. The normalized spacial score (nSPS) is 28.4. The molecule has 2 N–H and O–H groups in total. The third-order valence-electron chi connectivity index (χ3n) is 8.51. The van der Waals surface area contributed by atoms with Gasteiger partial charge in [0.25, 0.3) is 0 Å². The lowest BCUT2D eigenvalue weighted by Crippen LogP contribution is -2.49. The molecule has 1 aromatic carbocycles. The van der Waals surface area contributed by atoms with E-state index in [-0.39, 0.29) is 26.1 Å². The molecule has 4 atom stereocenters. The van der Waals surface area contributed by atoms with Gasteiger partial charge in [-0.2, -0.15) is 0 Å². The molecule has 4 aliphatic rings. The number of nitrogens with zero attached hydrogens (tertiary/aromatic N) is 1. The molecule has 39 heavy (non-hydrogen) atoms. The van der Waals surface area contributed by atoms with Crippen LogP contribution in [0.1, 0.15) is 73.5 Å². The first-order valence-electron chi connectivity index (χ1n) is 15.0. The van der Waals surface area contributed by atoms with Crippen LogP contribution in [0.3, 0.4) is 0 Å². The summed E-state index contributed by atoms with van der Waals surface area (Å²) in [7, 11) is -1.54. The molecule has 10 nitrogen and oxygen atoms in total. The Morgan fingerprint density at radius 1 is 1.21 bits per heavy atom. The van der Waals surface area contributed by atoms with E-state index in [0.717, 1.165) is 43.5 Å². The number of carbonyl (C=O) groups excluding carboxylic acids is 2. The molecule has 214 valence electrons. The maximum Gasteiger partial charge on any atom is 0.339 e. The highest BCUT2D eigenvalue weighted by atomic mass is 16.7. The number of hydrogen-bond acceptors (Lipinski definition) is 10. The molecule has 0 saturated carbocycles. The van der Waals surface area contributed by atoms with Crippen molar-refractivity contribution in [3.05, 3.63) is 35.1 Å². The maximum absolute atomic E-state index is 13.9. The van der Waals surface area contributed by atoms with Crippen LogP contribution >= 0.6 is 0 Å². The van der Waals surface area contributed by atoms with Crippen molar-refractivity contribution < 1.29 is 47.6 Å². The second-order valence-electron chi connectivity index (χ2n) is 11.6. The van der Waals surface area contributed by atoms with Gasteiger partial charge in [0.2, 0.25) is 6.79 Å². The summed E-state index contributed by atoms with van der Waals surface area (Å²) in [6.07, 6.45) is 2.74. The molecule has 0 bridgehead atoms. The number of carbonyl (C=O) groups is 2. The van der Waals surface area contributed by atoms with E-state index in [9.17, 15) is 19.8 Å². The first-order chi connectivity index (χ1) is 19.6. The molecule has 3 heterocycles. The molecule has 5 rings (SSSR count). The van der Waals surface area contributed by atoms with Crippen LogP contribution in [0, 0.1) is 0 Å². The quantitative estimate of drug-likeness (QED) is 0.445. The van der Waals surface area contributed by atoms with Crippen LogP contribution in [-0.2, 0) is 30.2 Å². The summed E-state index contributed by atoms with van der Waals surface area (Å²) in [5.41, 5.74) is -2.03. The van der Waals surface area contributed by atoms with Crippen LogP contribution in [-0.4, -0.2) is 83.9 Å². The zero-order valence-corrected chi connectivity index (χ0v) is 22.7. The van der Waals surface area contributed by atoms with Gasteiger partial charge in [0.15, 0.2) is 23.2 Å². The Morgan fingerprint density at radius 2 is 1.97 bits per heavy atom. The zero-order chi connectivity index (χ0) is 30.5. The Balaban J connectivity index is 1.49. The van der Waals surface area contributed by atoms with Gasteiger partial charge in [-0.05, 0) is 88.3 Å². The molecule has 10 heteroatoms. The van der Waals surface area contributed by atoms with Gasteiger partial charge < -0.3 is 33.9 Å². The fraction of sp³-hybridized carbons (Fsp3) is 0.655. The summed E-state index contributed by atoms with van der Waals surface area (Å²) in [6, 6.07) is 3.90. The van der Waals surface area contributed by atoms with Crippen molar-refractivity contribution >= 4 is 11.9 Å². The average Bonchev–Trinajstić information content (AvgIpc) is 3.55. The molecule has 2 unspecified atom stereocenters. The number of fused-ring (bicyclic) bond motifs is 3. The zero-order valence-electron chi connectivity index (χ0n) is 25.7. The number of hydrogen-bond donors (Lipinski definition) is 2. The van der Waals surface area contributed by atoms with Crippen LogP contribution in [0.4, 0.5) is 0 Å². The molecule has 0 amide bonds. The van der Waals surface area contributed by atoms with Crippen molar-refractivity contribution in [3.8, 4) is 11.5 Å². The van der Waals surface area contributed by atoms with E-state index in [2.05, 4.69) is 9.64 Å². The van der Waals surface area contributed by atoms with E-state index in [1.807, 2.05) is 18.2 Å². The molecule has 1 aromatic rings. The van der Waals surface area contributed by atoms with Gasteiger partial charge in [-0.25, -0.2) is 4.79 Å². The Kier molecular flexibility index (Phi) is 6.34. The van der Waals surface area contributed by atoms with E-state index in [1.165, 1.54) is 7.11 Å². The lowest BCUT2D eigenvalue weighted by Gasteiger charge is -2.39. The molecule has 0 radical (unpaired) electrons. The SMILES string of the molecule is [2H]C([2H])([2H])OC(=O)CC(O)(CCCC(C)(C)O)C(=O)OC1C(OC)=C[C@]23CCCN2CCc2cc4c(cc2[C@H]13)OCO4. The Bertz CT molecular complexity index is 1260. The van der Waals surface area contributed by atoms with Crippen LogP contribution in [0.15, 0.2) is 24.0 Å². The van der Waals surface area contributed by atoms with E-state index >= 15 is 0 Å². The largest absolute Gasteiger partial charge is 0.497 e. The van der Waals surface area contributed by atoms with Crippen molar-refractivity contribution in [1.82, 2.24) is 4.90 Å². The second kappa shape index (κ2) is 10.3. The second-order valence-corrected chi connectivity index (χ2v) is 11.6. The number of rotatable bonds is 9. The average molecular weight is 549 g/mol. The smallest absolute Gasteiger partial charge is 0.339 e. The minimum Gasteiger partial charge on any atom is -0.497 e. The van der Waals surface area contributed by atoms with Crippen LogP contribution in [0.5, 0.6) is 11.5 Å². The molecular formula is C29H39NO9. The first-order valence-corrected chi connectivity index (χ1v) is 13.5. The number of esters is 2. The van der Waals surface area contributed by atoms with Crippen molar-refractivity contribution in [3.63, 3.8) is 0 Å². The van der Waals surface area contributed by atoms with E-state index < -0.39 is 54.2 Å². The molecule has 1 saturated heterocycles. The highest BCUT2D eigenvalue weighted by Crippen LogP contribution is 2.55. The Hall–Kier alpha value is -2.82. The third kappa shape index (κ3) is 5.10. The number of benzene rings is 1. The number of ether oxygens (including phenoxy) is 5. The predicted octanol–water partition coefficient (Wildman–Crippen LogP) is 2.58. The van der Waals surface area contributed by atoms with Crippen molar-refractivity contribution in [2.75, 3.05) is 34.0 Å². The van der Waals surface area contributed by atoms with E-state index in [1.54, 1.807) is 13.8 Å². The van der Waals surface area contributed by atoms with Gasteiger partial charge in [-0.1, -0.05) is 0 Å². The monoisotopic (exact) mass is 548 g/mol. The van der Waals surface area contributed by atoms with E-state index in [4.69, 9.17) is 23.1 Å². The summed E-state index contributed by atoms with van der Waals surface area (Å²) >= 11 is 0. The third-order valence-corrected chi connectivity index (χ3v) is 8.51. The van der Waals surface area contributed by atoms with Gasteiger partial charge in [0, 0.05) is 6.54 Å². The van der Waals surface area contributed by atoms with Gasteiger partial charge >= 0.3 is 11.9 Å². The van der Waals surface area contributed by atoms with Crippen molar-refractivity contribution in [2.24, 2.45) is 0 Å². The molecular weight excluding hydrogens is 506 g/mol. The minimum absolute atomic E-state index is 0.115. The Morgan fingerprint density at radius 3 is 2.69 bits per heavy atom. The highest BCUT2D eigenvalue weighted by molar-refractivity contribution is 5.86. The standard InChI is InChI=1S/C29H39NO9/c1-27(2,33)8-5-10-29(34,16-23(31)36-4)26(32)39-25-22(35-3)15-28-9-6-11-30(28)12-7-18-13-20-21(38-17-37-20)14-19(18)24(25)28/h13-15,24-25,33-34H,5-12,16-17H2,1-4H3/t24-,25?,28+,29?/m1/s1/i4D3. The number of aliphatic hydroxyl groups is 2. The highest BCUT2D eigenvalue weighted by Gasteiger charge is 2.59. The van der Waals surface area contributed by atoms with Gasteiger partial charge in [0.05, 0.1) is 41.7 Å². The van der Waals surface area contributed by atoms with E-state index in [0.29, 0.717) is 17.3 Å². The predicted molar refractivity (Wildman–Crippen MR) is 139 cm³/mol. The van der Waals surface area contributed by atoms with Gasteiger partial charge in [-0.3, -0.25) is 9.69 Å². The lowest BCUT2D eigenvalue weighted by molar-refractivity contribution is -0.178. The van der Waals surface area contributed by atoms with Crippen LogP contribution in [0.25, 0.3) is 0 Å². The van der Waals surface area contributed by atoms with Crippen LogP contribution < -0.4 is 9.47 Å². The maximum atomic E-state index is 13.9. The van der Waals surface area contributed by atoms with Gasteiger partial charge in [0.1, 0.15) is 5.76 Å². The summed E-state index contributed by atoms with van der Waals surface area (Å²) in [5, 5.41) is 21.7. The first kappa shape index (κ1) is 24.0. The molecule has 1 spiro atoms. The molecule has 1 aliphatic carbocycles. The summed E-state index contributed by atoms with van der Waals surface area (Å²) in [4.78, 5) is 28.8. The molecule has 3 aliphatic heterocycles. The van der Waals surface area contributed by atoms with Crippen LogP contribution in [0.2, 0.25) is 0 Å².